The summed E-state index contributed by atoms with van der Waals surface area (Å²) in [5.74, 6) is -0.462. The molecule has 0 saturated carbocycles. The van der Waals surface area contributed by atoms with Crippen LogP contribution in [0.15, 0.2) is 52.3 Å². The topological polar surface area (TPSA) is 104 Å². The van der Waals surface area contributed by atoms with Crippen LogP contribution in [0.5, 0.6) is 0 Å². The summed E-state index contributed by atoms with van der Waals surface area (Å²) in [6.07, 6.45) is 0. The Balaban J connectivity index is 2.00. The van der Waals surface area contributed by atoms with Crippen molar-refractivity contribution in [2.24, 2.45) is 0 Å². The molecular weight excluding hydrogens is 450 g/mol. The van der Waals surface area contributed by atoms with Crippen LogP contribution in [0.25, 0.3) is 0 Å². The third-order valence-corrected chi connectivity index (χ3v) is 9.22. The molecule has 0 aliphatic rings. The quantitative estimate of drug-likeness (QED) is 0.592. The van der Waals surface area contributed by atoms with Gasteiger partial charge in [0, 0.05) is 26.7 Å². The van der Waals surface area contributed by atoms with E-state index in [1.54, 1.807) is 38.1 Å². The molecule has 0 radical (unpaired) electrons. The lowest BCUT2D eigenvalue weighted by molar-refractivity contribution is -0.121. The Morgan fingerprint density at radius 1 is 0.875 bits per heavy atom. The number of sulfonamides is 2. The van der Waals surface area contributed by atoms with Gasteiger partial charge in [0.1, 0.15) is 0 Å². The van der Waals surface area contributed by atoms with Crippen LogP contribution in [0, 0.1) is 13.8 Å². The summed E-state index contributed by atoms with van der Waals surface area (Å²) < 4.78 is 52.8. The predicted octanol–water partition coefficient (Wildman–Crippen LogP) is 2.27. The number of carbonyl (C=O) groups excluding carboxylic acids is 1. The summed E-state index contributed by atoms with van der Waals surface area (Å²) in [5, 5.41) is 2.67. The maximum Gasteiger partial charge on any atom is 0.243 e. The molecule has 0 aromatic heterocycles. The van der Waals surface area contributed by atoms with Crippen LogP contribution < -0.4 is 5.32 Å². The van der Waals surface area contributed by atoms with Crippen LogP contribution in [0.4, 0.5) is 0 Å². The van der Waals surface area contributed by atoms with E-state index in [1.807, 2.05) is 13.8 Å². The SMILES string of the molecule is Cc1ccc(S(=O)(=O)N(C)CC(=O)NCc2ccc(S(=O)(=O)N(C)C(C)C)cc2)cc1C. The van der Waals surface area contributed by atoms with Crippen molar-refractivity contribution in [3.05, 3.63) is 59.2 Å². The van der Waals surface area contributed by atoms with Crippen molar-refractivity contribution in [3.8, 4) is 0 Å². The van der Waals surface area contributed by atoms with E-state index < -0.39 is 26.0 Å². The standard InChI is InChI=1S/C22H31N3O5S2/c1-16(2)25(6)32(29,30)20-11-8-19(9-12-20)14-23-22(26)15-24(5)31(27,28)21-10-7-17(3)18(4)13-21/h7-13,16H,14-15H2,1-6H3,(H,23,26). The highest BCUT2D eigenvalue weighted by atomic mass is 32.2. The summed E-state index contributed by atoms with van der Waals surface area (Å²) in [6.45, 7) is 7.13. The first-order chi connectivity index (χ1) is 14.8. The molecule has 0 bridgehead atoms. The van der Waals surface area contributed by atoms with Gasteiger partial charge in [-0.25, -0.2) is 16.8 Å². The Morgan fingerprint density at radius 3 is 1.97 bits per heavy atom. The summed E-state index contributed by atoms with van der Waals surface area (Å²) in [7, 11) is -4.49. The largest absolute Gasteiger partial charge is 0.351 e. The van der Waals surface area contributed by atoms with Gasteiger partial charge in [-0.15, -0.1) is 0 Å². The number of benzene rings is 2. The Morgan fingerprint density at radius 2 is 1.44 bits per heavy atom. The van der Waals surface area contributed by atoms with E-state index in [9.17, 15) is 21.6 Å². The Hall–Kier alpha value is -2.27. The minimum atomic E-state index is -3.79. The minimum Gasteiger partial charge on any atom is -0.351 e. The fraction of sp³-hybridized carbons (Fsp3) is 0.409. The molecule has 0 fully saturated rings. The average molecular weight is 482 g/mol. The molecule has 0 heterocycles. The fourth-order valence-electron chi connectivity index (χ4n) is 2.82. The number of aryl methyl sites for hydroxylation is 2. The number of amides is 1. The van der Waals surface area contributed by atoms with Gasteiger partial charge < -0.3 is 5.32 Å². The van der Waals surface area contributed by atoms with Crippen LogP contribution in [-0.4, -0.2) is 58.0 Å². The molecule has 2 aromatic carbocycles. The van der Waals surface area contributed by atoms with Gasteiger partial charge in [0.25, 0.3) is 0 Å². The van der Waals surface area contributed by atoms with E-state index in [0.717, 1.165) is 15.4 Å². The van der Waals surface area contributed by atoms with Crippen molar-refractivity contribution >= 4 is 26.0 Å². The average Bonchev–Trinajstić information content (AvgIpc) is 2.73. The first-order valence-electron chi connectivity index (χ1n) is 10.1. The smallest absolute Gasteiger partial charge is 0.243 e. The number of rotatable bonds is 9. The number of likely N-dealkylation sites (N-methyl/N-ethyl adjacent to an activating group) is 1. The molecule has 2 rings (SSSR count). The highest BCUT2D eigenvalue weighted by Crippen LogP contribution is 2.19. The lowest BCUT2D eigenvalue weighted by Gasteiger charge is -2.21. The lowest BCUT2D eigenvalue weighted by Crippen LogP contribution is -2.38. The molecule has 1 N–H and O–H groups in total. The zero-order valence-corrected chi connectivity index (χ0v) is 20.9. The second-order valence-electron chi connectivity index (χ2n) is 8.04. The Labute approximate surface area is 191 Å². The summed E-state index contributed by atoms with van der Waals surface area (Å²) in [4.78, 5) is 12.6. The van der Waals surface area contributed by atoms with Crippen LogP contribution in [0.3, 0.4) is 0 Å². The zero-order chi connectivity index (χ0) is 24.3. The monoisotopic (exact) mass is 481 g/mol. The van der Waals surface area contributed by atoms with Crippen LogP contribution in [-0.2, 0) is 31.4 Å². The maximum absolute atomic E-state index is 12.7. The van der Waals surface area contributed by atoms with Gasteiger partial charge in [0.05, 0.1) is 16.3 Å². The molecule has 0 unspecified atom stereocenters. The molecule has 1 amide bonds. The van der Waals surface area contributed by atoms with Crippen molar-refractivity contribution in [1.82, 2.24) is 13.9 Å². The van der Waals surface area contributed by atoms with Crippen LogP contribution in [0.1, 0.15) is 30.5 Å². The van der Waals surface area contributed by atoms with Crippen molar-refractivity contribution in [1.29, 1.82) is 0 Å². The molecule has 2 aromatic rings. The van der Waals surface area contributed by atoms with Gasteiger partial charge >= 0.3 is 0 Å². The molecule has 32 heavy (non-hydrogen) atoms. The molecule has 0 atom stereocenters. The molecular formula is C22H31N3O5S2. The van der Waals surface area contributed by atoms with Gasteiger partial charge in [0.15, 0.2) is 0 Å². The van der Waals surface area contributed by atoms with Crippen molar-refractivity contribution < 1.29 is 21.6 Å². The number of hydrogen-bond donors (Lipinski definition) is 1. The zero-order valence-electron chi connectivity index (χ0n) is 19.3. The van der Waals surface area contributed by atoms with E-state index >= 15 is 0 Å². The maximum atomic E-state index is 12.7. The summed E-state index contributed by atoms with van der Waals surface area (Å²) >= 11 is 0. The van der Waals surface area contributed by atoms with Gasteiger partial charge in [0.2, 0.25) is 26.0 Å². The van der Waals surface area contributed by atoms with Gasteiger partial charge in [-0.2, -0.15) is 8.61 Å². The van der Waals surface area contributed by atoms with Crippen LogP contribution in [0.2, 0.25) is 0 Å². The minimum absolute atomic E-state index is 0.138. The highest BCUT2D eigenvalue weighted by Gasteiger charge is 2.24. The number of nitrogens with one attached hydrogen (secondary N) is 1. The third-order valence-electron chi connectivity index (χ3n) is 5.37. The van der Waals surface area contributed by atoms with E-state index in [2.05, 4.69) is 5.32 Å². The fourth-order valence-corrected chi connectivity index (χ4v) is 5.40. The number of hydrogen-bond acceptors (Lipinski definition) is 5. The van der Waals surface area contributed by atoms with E-state index in [-0.39, 0.29) is 28.9 Å². The first-order valence-corrected chi connectivity index (χ1v) is 13.0. The molecule has 0 spiro atoms. The Kier molecular flexibility index (Phi) is 8.22. The van der Waals surface area contributed by atoms with Crippen molar-refractivity contribution in [3.63, 3.8) is 0 Å². The normalized spacial score (nSPS) is 12.5. The number of carbonyl (C=O) groups is 1. The summed E-state index contributed by atoms with van der Waals surface area (Å²) in [6, 6.07) is 10.9. The van der Waals surface area contributed by atoms with Crippen molar-refractivity contribution in [2.45, 2.75) is 50.1 Å². The molecule has 0 aliphatic carbocycles. The van der Waals surface area contributed by atoms with E-state index in [4.69, 9.17) is 0 Å². The molecule has 0 saturated heterocycles. The van der Waals surface area contributed by atoms with E-state index in [0.29, 0.717) is 5.56 Å². The molecule has 10 heteroatoms. The van der Waals surface area contributed by atoms with Crippen LogP contribution >= 0.6 is 0 Å². The highest BCUT2D eigenvalue weighted by molar-refractivity contribution is 7.89. The first kappa shape index (κ1) is 26.0. The summed E-state index contributed by atoms with van der Waals surface area (Å²) in [5.41, 5.74) is 2.54. The lowest BCUT2D eigenvalue weighted by atomic mass is 10.1. The Bertz CT molecular complexity index is 1170. The molecule has 8 nitrogen and oxygen atoms in total. The second-order valence-corrected chi connectivity index (χ2v) is 12.1. The van der Waals surface area contributed by atoms with E-state index in [1.165, 1.54) is 36.6 Å². The second kappa shape index (κ2) is 10.1. The molecule has 0 aliphatic heterocycles. The van der Waals surface area contributed by atoms with Gasteiger partial charge in [-0.3, -0.25) is 4.79 Å². The third kappa shape index (κ3) is 5.94. The van der Waals surface area contributed by atoms with Crippen molar-refractivity contribution in [2.75, 3.05) is 20.6 Å². The predicted molar refractivity (Wildman–Crippen MR) is 124 cm³/mol. The molecule has 176 valence electrons. The number of nitrogens with zero attached hydrogens (tertiary/aromatic N) is 2. The van der Waals surface area contributed by atoms with Gasteiger partial charge in [-0.1, -0.05) is 18.2 Å². The van der Waals surface area contributed by atoms with Gasteiger partial charge in [-0.05, 0) is 68.7 Å².